The maximum absolute atomic E-state index is 13.6. The molecule has 0 bridgehead atoms. The predicted octanol–water partition coefficient (Wildman–Crippen LogP) is 3.09. The predicted molar refractivity (Wildman–Crippen MR) is 135 cm³/mol. The number of amides is 3. The molecule has 3 amide bonds. The molecule has 2 atom stereocenters. The van der Waals surface area contributed by atoms with Gasteiger partial charge in [-0.05, 0) is 68.0 Å². The van der Waals surface area contributed by atoms with Crippen LogP contribution in [0.25, 0.3) is 0 Å². The highest BCUT2D eigenvalue weighted by atomic mass is 19.1. The molecule has 0 radical (unpaired) electrons. The van der Waals surface area contributed by atoms with E-state index >= 15 is 0 Å². The fourth-order valence-corrected chi connectivity index (χ4v) is 4.45. The van der Waals surface area contributed by atoms with Crippen LogP contribution in [0.2, 0.25) is 0 Å². The summed E-state index contributed by atoms with van der Waals surface area (Å²) in [6.07, 6.45) is 1.68. The van der Waals surface area contributed by atoms with Gasteiger partial charge in [-0.3, -0.25) is 14.4 Å². The molecule has 4 N–H and O–H groups in total. The van der Waals surface area contributed by atoms with Gasteiger partial charge in [0, 0.05) is 36.8 Å². The third-order valence-corrected chi connectivity index (χ3v) is 6.17. The zero-order valence-electron chi connectivity index (χ0n) is 20.6. The largest absolute Gasteiger partial charge is 0.370 e. The first kappa shape index (κ1) is 26.2. The fourth-order valence-electron chi connectivity index (χ4n) is 4.45. The van der Waals surface area contributed by atoms with Crippen molar-refractivity contribution >= 4 is 23.4 Å². The molecule has 0 fully saturated rings. The van der Waals surface area contributed by atoms with Gasteiger partial charge in [0.05, 0.1) is 0 Å². The van der Waals surface area contributed by atoms with Gasteiger partial charge >= 0.3 is 0 Å². The molecule has 0 saturated heterocycles. The van der Waals surface area contributed by atoms with Gasteiger partial charge in [-0.25, -0.2) is 4.39 Å². The summed E-state index contributed by atoms with van der Waals surface area (Å²) < 4.78 is 13.6. The summed E-state index contributed by atoms with van der Waals surface area (Å²) in [5.74, 6) is -1.15. The summed E-state index contributed by atoms with van der Waals surface area (Å²) in [6, 6.07) is 10.8. The van der Waals surface area contributed by atoms with E-state index in [9.17, 15) is 18.8 Å². The number of nitrogens with one attached hydrogen (secondary N) is 2. The van der Waals surface area contributed by atoms with Crippen molar-refractivity contribution in [2.24, 2.45) is 11.7 Å². The van der Waals surface area contributed by atoms with Crippen LogP contribution >= 0.6 is 0 Å². The van der Waals surface area contributed by atoms with Gasteiger partial charge in [0.2, 0.25) is 11.8 Å². The smallest absolute Gasteiger partial charge is 0.251 e. The lowest BCUT2D eigenvalue weighted by atomic mass is 10.0. The molecule has 2 aromatic rings. The van der Waals surface area contributed by atoms with Gasteiger partial charge in [-0.15, -0.1) is 0 Å². The Bertz CT molecular complexity index is 1070. The van der Waals surface area contributed by atoms with Gasteiger partial charge in [-0.2, -0.15) is 0 Å². The average Bonchev–Trinajstić information content (AvgIpc) is 3.18. The van der Waals surface area contributed by atoms with Gasteiger partial charge in [0.15, 0.2) is 0 Å². The van der Waals surface area contributed by atoms with Gasteiger partial charge in [-0.1, -0.05) is 31.5 Å². The zero-order chi connectivity index (χ0) is 25.5. The van der Waals surface area contributed by atoms with E-state index in [1.54, 1.807) is 24.3 Å². The molecule has 3 rings (SSSR count). The summed E-state index contributed by atoms with van der Waals surface area (Å²) in [5.41, 5.74) is 8.68. The monoisotopic (exact) mass is 482 g/mol. The SMILES string of the molecule is Cc1cccc(C(=O)NC(CC(C)C)C(=O)NC(CCC(N)=O)CN2CCc3cc(F)ccc32)c1. The second kappa shape index (κ2) is 11.8. The molecule has 2 aromatic carbocycles. The molecule has 0 spiro atoms. The molecule has 0 aromatic heterocycles. The van der Waals surface area contributed by atoms with Crippen molar-refractivity contribution in [1.82, 2.24) is 10.6 Å². The molecule has 2 unspecified atom stereocenters. The first-order valence-corrected chi connectivity index (χ1v) is 12.1. The highest BCUT2D eigenvalue weighted by Crippen LogP contribution is 2.28. The second-order valence-corrected chi connectivity index (χ2v) is 9.70. The Morgan fingerprint density at radius 2 is 1.89 bits per heavy atom. The van der Waals surface area contributed by atoms with Crippen LogP contribution < -0.4 is 21.3 Å². The van der Waals surface area contributed by atoms with Crippen molar-refractivity contribution in [3.05, 3.63) is 65.0 Å². The Morgan fingerprint density at radius 3 is 2.57 bits per heavy atom. The number of aryl methyl sites for hydroxylation is 1. The van der Waals surface area contributed by atoms with Gasteiger partial charge in [0.25, 0.3) is 5.91 Å². The summed E-state index contributed by atoms with van der Waals surface area (Å²) in [7, 11) is 0. The zero-order valence-corrected chi connectivity index (χ0v) is 20.6. The number of rotatable bonds is 11. The lowest BCUT2D eigenvalue weighted by molar-refractivity contribution is -0.124. The number of nitrogens with two attached hydrogens (primary N) is 1. The van der Waals surface area contributed by atoms with Gasteiger partial charge < -0.3 is 21.3 Å². The lowest BCUT2D eigenvalue weighted by Gasteiger charge is -2.29. The third kappa shape index (κ3) is 7.53. The van der Waals surface area contributed by atoms with Crippen molar-refractivity contribution < 1.29 is 18.8 Å². The number of halogens is 1. The van der Waals surface area contributed by atoms with E-state index in [0.29, 0.717) is 37.9 Å². The molecule has 8 heteroatoms. The quantitative estimate of drug-likeness (QED) is 0.458. The average molecular weight is 483 g/mol. The fraction of sp³-hybridized carbons (Fsp3) is 0.444. The molecular formula is C27H35FN4O3. The molecule has 1 aliphatic heterocycles. The number of anilines is 1. The maximum Gasteiger partial charge on any atom is 0.251 e. The summed E-state index contributed by atoms with van der Waals surface area (Å²) in [5, 5.41) is 5.92. The van der Waals surface area contributed by atoms with E-state index in [1.807, 2.05) is 26.8 Å². The summed E-state index contributed by atoms with van der Waals surface area (Å²) in [4.78, 5) is 39.7. The Kier molecular flexibility index (Phi) is 8.84. The minimum Gasteiger partial charge on any atom is -0.370 e. The Balaban J connectivity index is 1.73. The number of fused-ring (bicyclic) bond motifs is 1. The van der Waals surface area contributed by atoms with Crippen LogP contribution in [-0.4, -0.2) is 42.9 Å². The van der Waals surface area contributed by atoms with Crippen molar-refractivity contribution in [3.63, 3.8) is 0 Å². The van der Waals surface area contributed by atoms with Crippen LogP contribution in [0.1, 0.15) is 54.6 Å². The number of hydrogen-bond donors (Lipinski definition) is 3. The molecule has 188 valence electrons. The Labute approximate surface area is 206 Å². The van der Waals surface area contributed by atoms with Crippen molar-refractivity contribution in [2.45, 2.75) is 58.5 Å². The molecule has 1 heterocycles. The molecule has 0 aliphatic carbocycles. The normalized spacial score (nSPS) is 14.4. The second-order valence-electron chi connectivity index (χ2n) is 9.70. The minimum absolute atomic E-state index is 0.125. The minimum atomic E-state index is -0.723. The molecule has 1 aliphatic rings. The van der Waals surface area contributed by atoms with E-state index in [-0.39, 0.29) is 36.0 Å². The lowest BCUT2D eigenvalue weighted by Crippen LogP contribution is -2.52. The first-order chi connectivity index (χ1) is 16.6. The summed E-state index contributed by atoms with van der Waals surface area (Å²) >= 11 is 0. The number of carbonyl (C=O) groups excluding carboxylic acids is 3. The topological polar surface area (TPSA) is 105 Å². The van der Waals surface area contributed by atoms with Crippen molar-refractivity contribution in [3.8, 4) is 0 Å². The maximum atomic E-state index is 13.6. The van der Waals surface area contributed by atoms with E-state index < -0.39 is 11.9 Å². The number of benzene rings is 2. The molecule has 35 heavy (non-hydrogen) atoms. The van der Waals surface area contributed by atoms with Crippen LogP contribution in [0.4, 0.5) is 10.1 Å². The number of carbonyl (C=O) groups is 3. The van der Waals surface area contributed by atoms with Crippen LogP contribution in [0.5, 0.6) is 0 Å². The van der Waals surface area contributed by atoms with E-state index in [4.69, 9.17) is 5.73 Å². The number of nitrogens with zero attached hydrogens (tertiary/aromatic N) is 1. The third-order valence-electron chi connectivity index (χ3n) is 6.17. The van der Waals surface area contributed by atoms with Crippen LogP contribution in [0.3, 0.4) is 0 Å². The highest BCUT2D eigenvalue weighted by molar-refractivity contribution is 5.97. The standard InChI is InChI=1S/C27H35FN4O3/c1-17(2)13-23(31-26(34)20-6-4-5-18(3)14-20)27(35)30-22(8-10-25(29)33)16-32-12-11-19-15-21(28)7-9-24(19)32/h4-7,9,14-15,17,22-23H,8,10-13,16H2,1-3H3,(H2,29,33)(H,30,35)(H,31,34). The van der Waals surface area contributed by atoms with Crippen LogP contribution in [0.15, 0.2) is 42.5 Å². The Hall–Kier alpha value is -3.42. The molecule has 0 saturated carbocycles. The number of primary amides is 1. The van der Waals surface area contributed by atoms with E-state index in [0.717, 1.165) is 16.8 Å². The van der Waals surface area contributed by atoms with E-state index in [2.05, 4.69) is 15.5 Å². The van der Waals surface area contributed by atoms with Gasteiger partial charge in [0.1, 0.15) is 11.9 Å². The summed E-state index contributed by atoms with van der Waals surface area (Å²) in [6.45, 7) is 7.04. The first-order valence-electron chi connectivity index (χ1n) is 12.1. The van der Waals surface area contributed by atoms with Crippen LogP contribution in [0, 0.1) is 18.7 Å². The van der Waals surface area contributed by atoms with Crippen molar-refractivity contribution in [2.75, 3.05) is 18.0 Å². The number of hydrogen-bond acceptors (Lipinski definition) is 4. The van der Waals surface area contributed by atoms with Crippen LogP contribution in [-0.2, 0) is 16.0 Å². The van der Waals surface area contributed by atoms with E-state index in [1.165, 1.54) is 12.1 Å². The molecular weight excluding hydrogens is 447 g/mol. The molecule has 7 nitrogen and oxygen atoms in total. The Morgan fingerprint density at radius 1 is 1.11 bits per heavy atom. The van der Waals surface area contributed by atoms with Crippen molar-refractivity contribution in [1.29, 1.82) is 0 Å². The highest BCUT2D eigenvalue weighted by Gasteiger charge is 2.28.